The summed E-state index contributed by atoms with van der Waals surface area (Å²) in [5.41, 5.74) is 0.288. The second-order valence-electron chi connectivity index (χ2n) is 3.62. The van der Waals surface area contributed by atoms with Crippen LogP contribution in [-0.2, 0) is 4.84 Å². The fraction of sp³-hybridized carbons (Fsp3) is 0.875. The first-order valence-electron chi connectivity index (χ1n) is 4.26. The topological polar surface area (TPSA) is 24.8 Å². The maximum Gasteiger partial charge on any atom is 0.130 e. The number of hydrogen-bond donors (Lipinski definition) is 0. The summed E-state index contributed by atoms with van der Waals surface area (Å²) in [6.45, 7) is 3.59. The number of oxime groups is 1. The Labute approximate surface area is 80.9 Å². The molecule has 3 nitrogen and oxygen atoms in total. The van der Waals surface area contributed by atoms with Gasteiger partial charge < -0.3 is 9.74 Å². The predicted molar refractivity (Wildman–Crippen MR) is 51.5 cm³/mol. The number of nitrogens with zero attached hydrogens (tertiary/aromatic N) is 2. The lowest BCUT2D eigenvalue weighted by Gasteiger charge is -2.22. The fourth-order valence-electron chi connectivity index (χ4n) is 2.17. The van der Waals surface area contributed by atoms with Crippen molar-refractivity contribution >= 4 is 20.6 Å². The predicted octanol–water partition coefficient (Wildman–Crippen LogP) is 1.44. The Hall–Kier alpha value is -0.0900. The molecule has 2 aliphatic rings. The van der Waals surface area contributed by atoms with Crippen molar-refractivity contribution < 1.29 is 4.84 Å². The van der Waals surface area contributed by atoms with Crippen molar-refractivity contribution in [2.45, 2.75) is 12.8 Å². The van der Waals surface area contributed by atoms with Gasteiger partial charge in [-0.1, -0.05) is 5.16 Å². The van der Waals surface area contributed by atoms with Crippen LogP contribution in [-0.4, -0.2) is 36.3 Å². The maximum absolute atomic E-state index is 4.78. The molecule has 0 amide bonds. The van der Waals surface area contributed by atoms with Crippen LogP contribution in [0.25, 0.3) is 0 Å². The lowest BCUT2D eigenvalue weighted by Crippen LogP contribution is -2.26. The molecular weight excluding hydrogens is 220 g/mol. The van der Waals surface area contributed by atoms with E-state index in [1.54, 1.807) is 7.11 Å². The molecule has 2 bridgehead atoms. The standard InChI is InChI=1S/C8H13BrN2O/c1-12-10-7(9)8-2-4-11(6-8)5-3-8/h2-6H2,1H3/b10-7-. The average molecular weight is 233 g/mol. The molecular formula is C8H13BrN2O. The lowest BCUT2D eigenvalue weighted by molar-refractivity contribution is 0.210. The van der Waals surface area contributed by atoms with Crippen LogP contribution in [0.1, 0.15) is 12.8 Å². The molecule has 4 heteroatoms. The van der Waals surface area contributed by atoms with E-state index >= 15 is 0 Å². The molecule has 0 radical (unpaired) electrons. The van der Waals surface area contributed by atoms with Gasteiger partial charge in [0.2, 0.25) is 0 Å². The monoisotopic (exact) mass is 232 g/mol. The zero-order valence-electron chi connectivity index (χ0n) is 7.22. The molecule has 0 unspecified atom stereocenters. The number of piperidine rings is 1. The molecule has 0 saturated carbocycles. The second kappa shape index (κ2) is 3.00. The van der Waals surface area contributed by atoms with Gasteiger partial charge in [-0.2, -0.15) is 0 Å². The van der Waals surface area contributed by atoms with Crippen molar-refractivity contribution in [1.29, 1.82) is 0 Å². The highest BCUT2D eigenvalue weighted by Crippen LogP contribution is 2.43. The summed E-state index contributed by atoms with van der Waals surface area (Å²) in [6, 6.07) is 0. The van der Waals surface area contributed by atoms with Gasteiger partial charge in [0.15, 0.2) is 0 Å². The van der Waals surface area contributed by atoms with Gasteiger partial charge in [0.25, 0.3) is 0 Å². The van der Waals surface area contributed by atoms with E-state index in [1.807, 2.05) is 0 Å². The third-order valence-corrected chi connectivity index (χ3v) is 3.93. The molecule has 0 aromatic rings. The highest BCUT2D eigenvalue weighted by molar-refractivity contribution is 9.18. The van der Waals surface area contributed by atoms with Gasteiger partial charge >= 0.3 is 0 Å². The number of fused-ring (bicyclic) bond motifs is 2. The zero-order valence-corrected chi connectivity index (χ0v) is 8.80. The van der Waals surface area contributed by atoms with Crippen LogP contribution in [0.3, 0.4) is 0 Å². The van der Waals surface area contributed by atoms with E-state index in [1.165, 1.54) is 25.9 Å². The zero-order chi connectivity index (χ0) is 8.60. The summed E-state index contributed by atoms with van der Waals surface area (Å²) >= 11 is 3.51. The van der Waals surface area contributed by atoms with Crippen LogP contribution in [0.15, 0.2) is 5.16 Å². The fourth-order valence-corrected chi connectivity index (χ4v) is 2.84. The quantitative estimate of drug-likeness (QED) is 0.532. The summed E-state index contributed by atoms with van der Waals surface area (Å²) in [7, 11) is 1.60. The Morgan fingerprint density at radius 3 is 2.58 bits per heavy atom. The van der Waals surface area contributed by atoms with Gasteiger partial charge in [-0.3, -0.25) is 0 Å². The van der Waals surface area contributed by atoms with Gasteiger partial charge in [-0.15, -0.1) is 0 Å². The molecule has 68 valence electrons. The molecule has 0 aliphatic carbocycles. The molecule has 2 heterocycles. The van der Waals surface area contributed by atoms with Crippen molar-refractivity contribution in [3.8, 4) is 0 Å². The van der Waals surface area contributed by atoms with Gasteiger partial charge in [0.05, 0.1) is 0 Å². The molecule has 2 aliphatic heterocycles. The summed E-state index contributed by atoms with van der Waals surface area (Å²) in [5, 5.41) is 3.98. The highest BCUT2D eigenvalue weighted by Gasteiger charge is 2.47. The van der Waals surface area contributed by atoms with Gasteiger partial charge in [0.1, 0.15) is 11.7 Å². The average Bonchev–Trinajstić information content (AvgIpc) is 2.64. The van der Waals surface area contributed by atoms with Gasteiger partial charge in [0, 0.05) is 12.0 Å². The normalized spacial score (nSPS) is 40.5. The first-order chi connectivity index (χ1) is 5.77. The molecule has 12 heavy (non-hydrogen) atoms. The lowest BCUT2D eigenvalue weighted by atomic mass is 9.86. The Bertz CT molecular complexity index is 209. The molecule has 0 aromatic carbocycles. The molecule has 2 saturated heterocycles. The Balaban J connectivity index is 2.15. The third kappa shape index (κ3) is 1.17. The summed E-state index contributed by atoms with van der Waals surface area (Å²) in [5.74, 6) is 0. The summed E-state index contributed by atoms with van der Waals surface area (Å²) in [4.78, 5) is 7.26. The Morgan fingerprint density at radius 1 is 1.50 bits per heavy atom. The van der Waals surface area contributed by atoms with Crippen LogP contribution >= 0.6 is 15.9 Å². The largest absolute Gasteiger partial charge is 0.398 e. The molecule has 0 N–H and O–H groups in total. The van der Waals surface area contributed by atoms with Crippen LogP contribution in [0.4, 0.5) is 0 Å². The maximum atomic E-state index is 4.78. The minimum atomic E-state index is 0.288. The van der Waals surface area contributed by atoms with Gasteiger partial charge in [-0.25, -0.2) is 0 Å². The first-order valence-corrected chi connectivity index (χ1v) is 5.06. The van der Waals surface area contributed by atoms with E-state index in [2.05, 4.69) is 26.0 Å². The first kappa shape index (κ1) is 8.51. The molecule has 0 atom stereocenters. The van der Waals surface area contributed by atoms with E-state index in [9.17, 15) is 0 Å². The minimum absolute atomic E-state index is 0.288. The van der Waals surface area contributed by atoms with Crippen LogP contribution in [0, 0.1) is 5.41 Å². The van der Waals surface area contributed by atoms with Crippen LogP contribution in [0.5, 0.6) is 0 Å². The smallest absolute Gasteiger partial charge is 0.130 e. The number of rotatable bonds is 2. The molecule has 0 spiro atoms. The Kier molecular flexibility index (Phi) is 2.12. The van der Waals surface area contributed by atoms with Crippen LogP contribution in [0.2, 0.25) is 0 Å². The van der Waals surface area contributed by atoms with E-state index < -0.39 is 0 Å². The number of halogens is 1. The molecule has 0 aromatic heterocycles. The third-order valence-electron chi connectivity index (χ3n) is 2.95. The van der Waals surface area contributed by atoms with Crippen molar-refractivity contribution in [3.63, 3.8) is 0 Å². The van der Waals surface area contributed by atoms with E-state index in [4.69, 9.17) is 4.84 Å². The van der Waals surface area contributed by atoms with Gasteiger partial charge in [-0.05, 0) is 41.9 Å². The second-order valence-corrected chi connectivity index (χ2v) is 4.37. The minimum Gasteiger partial charge on any atom is -0.398 e. The van der Waals surface area contributed by atoms with Crippen molar-refractivity contribution in [1.82, 2.24) is 4.90 Å². The molecule has 2 fully saturated rings. The summed E-state index contributed by atoms with van der Waals surface area (Å²) in [6.07, 6.45) is 2.45. The SMILES string of the molecule is CO/N=C(\Br)C12CCN(CC1)C2. The van der Waals surface area contributed by atoms with E-state index in [0.717, 1.165) is 11.2 Å². The van der Waals surface area contributed by atoms with Crippen LogP contribution < -0.4 is 0 Å². The van der Waals surface area contributed by atoms with Crippen molar-refractivity contribution in [2.24, 2.45) is 10.6 Å². The highest BCUT2D eigenvalue weighted by atomic mass is 79.9. The number of hydrogen-bond acceptors (Lipinski definition) is 3. The van der Waals surface area contributed by atoms with Crippen molar-refractivity contribution in [3.05, 3.63) is 0 Å². The molecule has 2 rings (SSSR count). The Morgan fingerprint density at radius 2 is 2.17 bits per heavy atom. The van der Waals surface area contributed by atoms with E-state index in [0.29, 0.717) is 0 Å². The summed E-state index contributed by atoms with van der Waals surface area (Å²) < 4.78 is 0.998. The van der Waals surface area contributed by atoms with E-state index in [-0.39, 0.29) is 5.41 Å². The van der Waals surface area contributed by atoms with Crippen molar-refractivity contribution in [2.75, 3.05) is 26.7 Å².